The lowest BCUT2D eigenvalue weighted by Crippen LogP contribution is -2.04. The van der Waals surface area contributed by atoms with E-state index in [0.717, 1.165) is 17.7 Å². The largest absolute Gasteiger partial charge is 0.497 e. The fraction of sp³-hybridized carbons (Fsp3) is 0.118. The molecule has 0 aliphatic rings. The minimum atomic E-state index is -4.38. The van der Waals surface area contributed by atoms with Crippen LogP contribution in [0, 0.1) is 0 Å². The summed E-state index contributed by atoms with van der Waals surface area (Å²) in [4.78, 5) is 0.553. The quantitative estimate of drug-likeness (QED) is 0.527. The standard InChI is InChI=1S/C17H11F3N4OS/c1-25-13-4-2-3-11(9-13)15-23-24-14(21-22-16(24)26-15)10-5-7-12(8-6-10)17(18,19)20/h2-9H,1H3. The first-order chi connectivity index (χ1) is 12.5. The van der Waals surface area contributed by atoms with E-state index < -0.39 is 11.7 Å². The minimum absolute atomic E-state index is 0.388. The van der Waals surface area contributed by atoms with Gasteiger partial charge >= 0.3 is 6.18 Å². The predicted octanol–water partition coefficient (Wildman–Crippen LogP) is 4.55. The van der Waals surface area contributed by atoms with Crippen LogP contribution in [0.2, 0.25) is 0 Å². The number of nitrogens with zero attached hydrogens (tertiary/aromatic N) is 4. The number of hydrogen-bond acceptors (Lipinski definition) is 5. The van der Waals surface area contributed by atoms with Crippen molar-refractivity contribution >= 4 is 16.3 Å². The second kappa shape index (κ2) is 6.10. The van der Waals surface area contributed by atoms with E-state index in [-0.39, 0.29) is 0 Å². The topological polar surface area (TPSA) is 52.3 Å². The molecule has 0 unspecified atom stereocenters. The molecule has 132 valence electrons. The van der Waals surface area contributed by atoms with Crippen molar-refractivity contribution in [2.24, 2.45) is 0 Å². The Morgan fingerprint density at radius 3 is 2.46 bits per heavy atom. The first-order valence-corrected chi connectivity index (χ1v) is 8.31. The molecule has 0 bridgehead atoms. The van der Waals surface area contributed by atoms with Crippen LogP contribution in [0.5, 0.6) is 5.75 Å². The highest BCUT2D eigenvalue weighted by Crippen LogP contribution is 2.32. The molecule has 4 rings (SSSR count). The van der Waals surface area contributed by atoms with Gasteiger partial charge in [0.05, 0.1) is 12.7 Å². The van der Waals surface area contributed by atoms with Crippen molar-refractivity contribution in [3.05, 3.63) is 54.1 Å². The third-order valence-electron chi connectivity index (χ3n) is 3.78. The Morgan fingerprint density at radius 1 is 1.00 bits per heavy atom. The van der Waals surface area contributed by atoms with Crippen LogP contribution in [0.3, 0.4) is 0 Å². The van der Waals surface area contributed by atoms with Crippen molar-refractivity contribution < 1.29 is 17.9 Å². The lowest BCUT2D eigenvalue weighted by atomic mass is 10.1. The highest BCUT2D eigenvalue weighted by Gasteiger charge is 2.30. The number of rotatable bonds is 3. The van der Waals surface area contributed by atoms with E-state index in [1.807, 2.05) is 24.3 Å². The van der Waals surface area contributed by atoms with Crippen LogP contribution in [0.25, 0.3) is 26.9 Å². The lowest BCUT2D eigenvalue weighted by molar-refractivity contribution is -0.137. The molecule has 0 N–H and O–H groups in total. The summed E-state index contributed by atoms with van der Waals surface area (Å²) in [5, 5.41) is 13.3. The summed E-state index contributed by atoms with van der Waals surface area (Å²) in [6.07, 6.45) is -4.38. The summed E-state index contributed by atoms with van der Waals surface area (Å²) in [5.74, 6) is 1.09. The first-order valence-electron chi connectivity index (χ1n) is 7.50. The van der Waals surface area contributed by atoms with E-state index in [2.05, 4.69) is 15.3 Å². The Labute approximate surface area is 149 Å². The monoisotopic (exact) mass is 376 g/mol. The van der Waals surface area contributed by atoms with Crippen molar-refractivity contribution in [2.45, 2.75) is 6.18 Å². The van der Waals surface area contributed by atoms with Gasteiger partial charge in [-0.1, -0.05) is 35.6 Å². The summed E-state index contributed by atoms with van der Waals surface area (Å²) in [5.41, 5.74) is 0.656. The van der Waals surface area contributed by atoms with Gasteiger partial charge in [-0.15, -0.1) is 10.2 Å². The molecule has 0 saturated carbocycles. The number of alkyl halides is 3. The molecule has 0 aliphatic carbocycles. The average Bonchev–Trinajstić information content (AvgIpc) is 3.22. The van der Waals surface area contributed by atoms with Gasteiger partial charge in [0.15, 0.2) is 5.82 Å². The van der Waals surface area contributed by atoms with Gasteiger partial charge in [0.25, 0.3) is 0 Å². The van der Waals surface area contributed by atoms with E-state index in [0.29, 0.717) is 27.1 Å². The van der Waals surface area contributed by atoms with Gasteiger partial charge in [0.2, 0.25) is 4.96 Å². The number of halogens is 3. The van der Waals surface area contributed by atoms with Gasteiger partial charge in [-0.25, -0.2) is 0 Å². The smallest absolute Gasteiger partial charge is 0.416 e. The number of methoxy groups -OCH3 is 1. The van der Waals surface area contributed by atoms with E-state index in [9.17, 15) is 13.2 Å². The van der Waals surface area contributed by atoms with Crippen LogP contribution in [0.1, 0.15) is 5.56 Å². The number of aromatic nitrogens is 4. The number of ether oxygens (including phenoxy) is 1. The Balaban J connectivity index is 1.74. The molecule has 26 heavy (non-hydrogen) atoms. The normalized spacial score (nSPS) is 11.8. The van der Waals surface area contributed by atoms with Crippen molar-refractivity contribution in [2.75, 3.05) is 7.11 Å². The Hall–Kier alpha value is -2.94. The maximum absolute atomic E-state index is 12.7. The zero-order valence-electron chi connectivity index (χ0n) is 13.4. The molecule has 9 heteroatoms. The number of benzene rings is 2. The molecular formula is C17H11F3N4OS. The Morgan fingerprint density at radius 2 is 1.77 bits per heavy atom. The predicted molar refractivity (Wildman–Crippen MR) is 91.1 cm³/mol. The molecule has 2 heterocycles. The highest BCUT2D eigenvalue weighted by atomic mass is 32.1. The fourth-order valence-corrected chi connectivity index (χ4v) is 3.31. The molecular weight excluding hydrogens is 365 g/mol. The third kappa shape index (κ3) is 2.90. The molecule has 4 aromatic rings. The second-order valence-electron chi connectivity index (χ2n) is 5.43. The van der Waals surface area contributed by atoms with E-state index >= 15 is 0 Å². The summed E-state index contributed by atoms with van der Waals surface area (Å²) in [7, 11) is 1.58. The van der Waals surface area contributed by atoms with Gasteiger partial charge in [0.1, 0.15) is 10.8 Å². The zero-order valence-corrected chi connectivity index (χ0v) is 14.2. The first kappa shape index (κ1) is 16.5. The van der Waals surface area contributed by atoms with Crippen molar-refractivity contribution in [3.8, 4) is 27.7 Å². The van der Waals surface area contributed by atoms with Crippen LogP contribution in [0.4, 0.5) is 13.2 Å². The van der Waals surface area contributed by atoms with Crippen molar-refractivity contribution in [1.82, 2.24) is 19.8 Å². The Kier molecular flexibility index (Phi) is 3.87. The van der Waals surface area contributed by atoms with Gasteiger partial charge in [-0.05, 0) is 24.3 Å². The van der Waals surface area contributed by atoms with E-state index in [4.69, 9.17) is 4.74 Å². The van der Waals surface area contributed by atoms with Crippen LogP contribution >= 0.6 is 11.3 Å². The SMILES string of the molecule is COc1cccc(-c2nn3c(-c4ccc(C(F)(F)F)cc4)nnc3s2)c1. The van der Waals surface area contributed by atoms with Gasteiger partial charge in [-0.3, -0.25) is 0 Å². The lowest BCUT2D eigenvalue weighted by Gasteiger charge is -2.06. The van der Waals surface area contributed by atoms with E-state index in [1.54, 1.807) is 7.11 Å². The third-order valence-corrected chi connectivity index (χ3v) is 4.73. The highest BCUT2D eigenvalue weighted by molar-refractivity contribution is 7.19. The van der Waals surface area contributed by atoms with Gasteiger partial charge < -0.3 is 4.74 Å². The second-order valence-corrected chi connectivity index (χ2v) is 6.39. The molecule has 2 aromatic carbocycles. The maximum atomic E-state index is 12.7. The zero-order chi connectivity index (χ0) is 18.3. The number of hydrogen-bond donors (Lipinski definition) is 0. The van der Waals surface area contributed by atoms with Crippen LogP contribution in [-0.4, -0.2) is 26.9 Å². The summed E-state index contributed by atoms with van der Waals surface area (Å²) < 4.78 is 44.9. The molecule has 0 aliphatic heterocycles. The molecule has 0 saturated heterocycles. The molecule has 0 atom stereocenters. The minimum Gasteiger partial charge on any atom is -0.497 e. The summed E-state index contributed by atoms with van der Waals surface area (Å²) in [6, 6.07) is 12.2. The molecule has 0 spiro atoms. The van der Waals surface area contributed by atoms with Gasteiger partial charge in [0, 0.05) is 11.1 Å². The summed E-state index contributed by atoms with van der Waals surface area (Å²) >= 11 is 1.34. The molecule has 0 radical (unpaired) electrons. The molecule has 0 fully saturated rings. The molecule has 5 nitrogen and oxygen atoms in total. The van der Waals surface area contributed by atoms with Crippen LogP contribution < -0.4 is 4.74 Å². The fourth-order valence-electron chi connectivity index (χ4n) is 2.48. The van der Waals surface area contributed by atoms with Crippen LogP contribution in [0.15, 0.2) is 48.5 Å². The average molecular weight is 376 g/mol. The van der Waals surface area contributed by atoms with Crippen molar-refractivity contribution in [3.63, 3.8) is 0 Å². The Bertz CT molecular complexity index is 1070. The number of fused-ring (bicyclic) bond motifs is 1. The molecule has 2 aromatic heterocycles. The maximum Gasteiger partial charge on any atom is 0.416 e. The molecule has 0 amide bonds. The van der Waals surface area contributed by atoms with E-state index in [1.165, 1.54) is 28.0 Å². The van der Waals surface area contributed by atoms with Crippen molar-refractivity contribution in [1.29, 1.82) is 0 Å². The van der Waals surface area contributed by atoms with Crippen LogP contribution in [-0.2, 0) is 6.18 Å². The van der Waals surface area contributed by atoms with Gasteiger partial charge in [-0.2, -0.15) is 22.8 Å². The summed E-state index contributed by atoms with van der Waals surface area (Å²) in [6.45, 7) is 0.